The Hall–Kier alpha value is -1.11. The second-order valence-corrected chi connectivity index (χ2v) is 6.27. The highest BCUT2D eigenvalue weighted by Gasteiger charge is 2.34. The highest BCUT2D eigenvalue weighted by Crippen LogP contribution is 2.25. The van der Waals surface area contributed by atoms with Gasteiger partial charge in [0, 0.05) is 18.4 Å². The summed E-state index contributed by atoms with van der Waals surface area (Å²) in [5.74, 6) is 0. The minimum atomic E-state index is -0.610. The monoisotopic (exact) mass is 285 g/mol. The number of amides is 1. The highest BCUT2D eigenvalue weighted by molar-refractivity contribution is 5.68. The van der Waals surface area contributed by atoms with Crippen molar-refractivity contribution in [3.8, 4) is 0 Å². The van der Waals surface area contributed by atoms with Crippen molar-refractivity contribution in [2.75, 3.05) is 6.79 Å². The predicted molar refractivity (Wildman–Crippen MR) is 72.2 cm³/mol. The van der Waals surface area contributed by atoms with Crippen LogP contribution in [-0.2, 0) is 14.2 Å². The van der Waals surface area contributed by atoms with E-state index < -0.39 is 18.3 Å². The molecule has 0 spiro atoms. The summed E-state index contributed by atoms with van der Waals surface area (Å²) in [6.45, 7) is 5.88. The van der Waals surface area contributed by atoms with Gasteiger partial charge in [-0.15, -0.1) is 0 Å². The van der Waals surface area contributed by atoms with Crippen molar-refractivity contribution in [1.29, 1.82) is 0 Å². The largest absolute Gasteiger partial charge is 0.442 e. The molecule has 0 bridgehead atoms. The topological polar surface area (TPSA) is 77.0 Å². The smallest absolute Gasteiger partial charge is 0.408 e. The summed E-state index contributed by atoms with van der Waals surface area (Å²) in [6, 6.07) is 0. The molecule has 6 heteroatoms. The van der Waals surface area contributed by atoms with Crippen molar-refractivity contribution in [2.45, 2.75) is 63.6 Å². The lowest BCUT2D eigenvalue weighted by molar-refractivity contribution is 0.0272. The van der Waals surface area contributed by atoms with Gasteiger partial charge in [-0.2, -0.15) is 0 Å². The van der Waals surface area contributed by atoms with Crippen LogP contribution in [0.4, 0.5) is 4.79 Å². The van der Waals surface area contributed by atoms with E-state index in [1.54, 1.807) is 12.2 Å². The Labute approximate surface area is 119 Å². The van der Waals surface area contributed by atoms with Crippen molar-refractivity contribution in [3.05, 3.63) is 12.2 Å². The predicted octanol–water partition coefficient (Wildman–Crippen LogP) is 1.33. The van der Waals surface area contributed by atoms with Crippen molar-refractivity contribution in [1.82, 2.24) is 5.32 Å². The molecule has 1 aliphatic carbocycles. The Kier molecular flexibility index (Phi) is 4.67. The van der Waals surface area contributed by atoms with E-state index in [4.69, 9.17) is 14.2 Å². The van der Waals surface area contributed by atoms with Crippen molar-refractivity contribution in [3.63, 3.8) is 0 Å². The van der Waals surface area contributed by atoms with Crippen LogP contribution >= 0.6 is 0 Å². The van der Waals surface area contributed by atoms with Gasteiger partial charge >= 0.3 is 6.09 Å². The van der Waals surface area contributed by atoms with Crippen LogP contribution in [0, 0.1) is 0 Å². The van der Waals surface area contributed by atoms with Gasteiger partial charge in [-0.25, -0.2) is 4.79 Å². The molecular formula is C14H23NO5. The van der Waals surface area contributed by atoms with E-state index in [-0.39, 0.29) is 24.5 Å². The normalized spacial score (nSPS) is 35.6. The molecule has 0 aromatic rings. The lowest BCUT2D eigenvalue weighted by Crippen LogP contribution is -2.43. The van der Waals surface area contributed by atoms with Crippen LogP contribution in [0.25, 0.3) is 0 Å². The molecule has 4 atom stereocenters. The molecule has 1 aliphatic heterocycles. The molecule has 2 N–H and O–H groups in total. The first kappa shape index (κ1) is 15.3. The van der Waals surface area contributed by atoms with Crippen LogP contribution in [0.15, 0.2) is 12.2 Å². The standard InChI is InChI=1S/C14H23NO5/c1-14(2,3)15-13(17)20-10-5-4-9(16)6-11-12(7-10)19-8-18-11/h4-5,9-12,16H,6-8H2,1-3H3,(H,15,17)/b5-4+. The van der Waals surface area contributed by atoms with Crippen molar-refractivity contribution >= 4 is 6.09 Å². The van der Waals surface area contributed by atoms with Gasteiger partial charge in [0.15, 0.2) is 0 Å². The Morgan fingerprint density at radius 3 is 2.55 bits per heavy atom. The Morgan fingerprint density at radius 2 is 1.90 bits per heavy atom. The van der Waals surface area contributed by atoms with E-state index in [1.807, 2.05) is 20.8 Å². The molecule has 0 aromatic heterocycles. The summed E-state index contributed by atoms with van der Waals surface area (Å²) >= 11 is 0. The van der Waals surface area contributed by atoms with Crippen LogP contribution in [0.5, 0.6) is 0 Å². The Balaban J connectivity index is 1.97. The third-order valence-corrected chi connectivity index (χ3v) is 3.20. The average Bonchev–Trinajstić information content (AvgIpc) is 2.68. The number of hydrogen-bond acceptors (Lipinski definition) is 5. The summed E-state index contributed by atoms with van der Waals surface area (Å²) in [4.78, 5) is 11.8. The van der Waals surface area contributed by atoms with Gasteiger partial charge in [0.05, 0.1) is 18.3 Å². The maximum Gasteiger partial charge on any atom is 0.408 e. The zero-order chi connectivity index (χ0) is 14.8. The van der Waals surface area contributed by atoms with E-state index >= 15 is 0 Å². The van der Waals surface area contributed by atoms with Gasteiger partial charge in [-0.1, -0.05) is 6.08 Å². The summed E-state index contributed by atoms with van der Waals surface area (Å²) in [5.41, 5.74) is -0.350. The summed E-state index contributed by atoms with van der Waals surface area (Å²) in [6.07, 6.45) is 2.58. The number of aliphatic hydroxyl groups excluding tert-OH is 1. The number of carbonyl (C=O) groups excluding carboxylic acids is 1. The molecule has 0 saturated carbocycles. The third kappa shape index (κ3) is 4.47. The van der Waals surface area contributed by atoms with Crippen LogP contribution in [0.2, 0.25) is 0 Å². The Morgan fingerprint density at radius 1 is 1.25 bits per heavy atom. The maximum atomic E-state index is 11.8. The lowest BCUT2D eigenvalue weighted by Gasteiger charge is -2.26. The van der Waals surface area contributed by atoms with E-state index in [0.717, 1.165) is 0 Å². The van der Waals surface area contributed by atoms with Gasteiger partial charge in [0.25, 0.3) is 0 Å². The minimum Gasteiger partial charge on any atom is -0.442 e. The van der Waals surface area contributed by atoms with Crippen LogP contribution in [-0.4, -0.2) is 47.9 Å². The zero-order valence-corrected chi connectivity index (χ0v) is 12.2. The maximum absolute atomic E-state index is 11.8. The second-order valence-electron chi connectivity index (χ2n) is 6.27. The molecule has 1 fully saturated rings. The molecule has 0 aromatic carbocycles. The lowest BCUT2D eigenvalue weighted by atomic mass is 9.97. The molecule has 114 valence electrons. The zero-order valence-electron chi connectivity index (χ0n) is 12.2. The van der Waals surface area contributed by atoms with Gasteiger partial charge in [-0.3, -0.25) is 0 Å². The average molecular weight is 285 g/mol. The minimum absolute atomic E-state index is 0.147. The fourth-order valence-corrected chi connectivity index (χ4v) is 2.31. The molecule has 4 unspecified atom stereocenters. The number of rotatable bonds is 1. The molecule has 6 nitrogen and oxygen atoms in total. The van der Waals surface area contributed by atoms with Gasteiger partial charge in [0.1, 0.15) is 12.9 Å². The van der Waals surface area contributed by atoms with Gasteiger partial charge in [0.2, 0.25) is 0 Å². The number of fused-ring (bicyclic) bond motifs is 1. The van der Waals surface area contributed by atoms with Gasteiger partial charge < -0.3 is 24.6 Å². The van der Waals surface area contributed by atoms with E-state index in [1.165, 1.54) is 0 Å². The quantitative estimate of drug-likeness (QED) is 0.711. The van der Waals surface area contributed by atoms with Crippen molar-refractivity contribution in [2.24, 2.45) is 0 Å². The number of nitrogens with one attached hydrogen (secondary N) is 1. The number of ether oxygens (including phenoxy) is 3. The fraction of sp³-hybridized carbons (Fsp3) is 0.786. The first-order valence-electron chi connectivity index (χ1n) is 6.92. The van der Waals surface area contributed by atoms with Crippen molar-refractivity contribution < 1.29 is 24.1 Å². The van der Waals surface area contributed by atoms with E-state index in [2.05, 4.69) is 5.32 Å². The molecular weight excluding hydrogens is 262 g/mol. The van der Waals surface area contributed by atoms with E-state index in [9.17, 15) is 9.90 Å². The highest BCUT2D eigenvalue weighted by atomic mass is 16.7. The SMILES string of the molecule is CC(C)(C)NC(=O)OC1/C=C/C(O)CC2OCOC2C1. The first-order valence-corrected chi connectivity index (χ1v) is 6.92. The third-order valence-electron chi connectivity index (χ3n) is 3.20. The molecule has 1 saturated heterocycles. The molecule has 1 heterocycles. The summed E-state index contributed by atoms with van der Waals surface area (Å²) in [7, 11) is 0. The second kappa shape index (κ2) is 6.11. The van der Waals surface area contributed by atoms with Crippen LogP contribution in [0.1, 0.15) is 33.6 Å². The first-order chi connectivity index (χ1) is 9.33. The van der Waals surface area contributed by atoms with Crippen LogP contribution in [0.3, 0.4) is 0 Å². The molecule has 2 rings (SSSR count). The van der Waals surface area contributed by atoms with Crippen LogP contribution < -0.4 is 5.32 Å². The molecule has 2 aliphatic rings. The number of alkyl carbamates (subject to hydrolysis) is 1. The van der Waals surface area contributed by atoms with Gasteiger partial charge in [-0.05, 0) is 26.8 Å². The summed E-state index contributed by atoms with van der Waals surface area (Å²) in [5, 5.41) is 12.6. The molecule has 0 radical (unpaired) electrons. The number of hydrogen-bond donors (Lipinski definition) is 2. The molecule has 20 heavy (non-hydrogen) atoms. The Bertz CT molecular complexity index is 376. The van der Waals surface area contributed by atoms with E-state index in [0.29, 0.717) is 12.8 Å². The number of aliphatic hydroxyl groups is 1. The fourth-order valence-electron chi connectivity index (χ4n) is 2.31. The number of carbonyl (C=O) groups is 1. The molecule has 1 amide bonds. The summed E-state index contributed by atoms with van der Waals surface area (Å²) < 4.78 is 16.3.